The van der Waals surface area contributed by atoms with Crippen molar-refractivity contribution in [3.05, 3.63) is 22.2 Å². The Kier molecular flexibility index (Phi) is 3.79. The van der Waals surface area contributed by atoms with Crippen LogP contribution in [-0.2, 0) is 4.74 Å². The van der Waals surface area contributed by atoms with Gasteiger partial charge in [0.15, 0.2) is 0 Å². The molecule has 0 bridgehead atoms. The number of halogens is 2. The third-order valence-corrected chi connectivity index (χ3v) is 4.65. The zero-order valence-corrected chi connectivity index (χ0v) is 12.5. The SMILES string of the molecule is CCCN1c2cc(Cl)c(Cl)cc2NCC2COCC21. The van der Waals surface area contributed by atoms with Crippen LogP contribution < -0.4 is 10.2 Å². The predicted octanol–water partition coefficient (Wildman–Crippen LogP) is 3.65. The van der Waals surface area contributed by atoms with E-state index in [2.05, 4.69) is 17.1 Å². The minimum absolute atomic E-state index is 0.436. The van der Waals surface area contributed by atoms with Crippen LogP contribution in [0.15, 0.2) is 12.1 Å². The van der Waals surface area contributed by atoms with Crippen molar-refractivity contribution in [3.63, 3.8) is 0 Å². The van der Waals surface area contributed by atoms with Gasteiger partial charge >= 0.3 is 0 Å². The van der Waals surface area contributed by atoms with E-state index in [1.807, 2.05) is 12.1 Å². The molecule has 2 unspecified atom stereocenters. The summed E-state index contributed by atoms with van der Waals surface area (Å²) in [4.78, 5) is 2.43. The van der Waals surface area contributed by atoms with E-state index in [4.69, 9.17) is 27.9 Å². The number of benzene rings is 1. The van der Waals surface area contributed by atoms with Gasteiger partial charge in [-0.25, -0.2) is 0 Å². The molecule has 2 aliphatic rings. The Morgan fingerprint density at radius 3 is 2.89 bits per heavy atom. The van der Waals surface area contributed by atoms with Crippen molar-refractivity contribution in [1.82, 2.24) is 0 Å². The highest BCUT2D eigenvalue weighted by molar-refractivity contribution is 6.42. The summed E-state index contributed by atoms with van der Waals surface area (Å²) in [6.45, 7) is 5.76. The summed E-state index contributed by atoms with van der Waals surface area (Å²) in [5.74, 6) is 0.525. The predicted molar refractivity (Wildman–Crippen MR) is 80.7 cm³/mol. The second kappa shape index (κ2) is 5.39. The molecule has 2 aliphatic heterocycles. The molecule has 3 rings (SSSR count). The topological polar surface area (TPSA) is 24.5 Å². The Morgan fingerprint density at radius 1 is 1.32 bits per heavy atom. The average Bonchev–Trinajstić information content (AvgIpc) is 2.80. The Bertz CT molecular complexity index is 481. The van der Waals surface area contributed by atoms with Gasteiger partial charge in [-0.2, -0.15) is 0 Å². The van der Waals surface area contributed by atoms with Gasteiger partial charge in [0.25, 0.3) is 0 Å². The minimum atomic E-state index is 0.436. The van der Waals surface area contributed by atoms with E-state index in [1.165, 1.54) is 0 Å². The summed E-state index contributed by atoms with van der Waals surface area (Å²) in [7, 11) is 0. The molecule has 2 heterocycles. The first kappa shape index (κ1) is 13.3. The van der Waals surface area contributed by atoms with Gasteiger partial charge in [-0.15, -0.1) is 0 Å². The van der Waals surface area contributed by atoms with Crippen LogP contribution in [0.3, 0.4) is 0 Å². The maximum absolute atomic E-state index is 6.19. The Hall–Kier alpha value is -0.640. The van der Waals surface area contributed by atoms with Crippen LogP contribution in [0.1, 0.15) is 13.3 Å². The van der Waals surface area contributed by atoms with Gasteiger partial charge < -0.3 is 15.0 Å². The summed E-state index contributed by atoms with van der Waals surface area (Å²) in [5.41, 5.74) is 2.23. The normalized spacial score (nSPS) is 25.5. The molecule has 0 spiro atoms. The van der Waals surface area contributed by atoms with Gasteiger partial charge in [-0.3, -0.25) is 0 Å². The molecule has 19 heavy (non-hydrogen) atoms. The van der Waals surface area contributed by atoms with Crippen molar-refractivity contribution < 1.29 is 4.74 Å². The van der Waals surface area contributed by atoms with Crippen LogP contribution in [-0.4, -0.2) is 32.3 Å². The number of rotatable bonds is 2. The molecule has 1 saturated heterocycles. The first-order valence-corrected chi connectivity index (χ1v) is 7.53. The molecule has 0 aliphatic carbocycles. The van der Waals surface area contributed by atoms with Crippen LogP contribution in [0.5, 0.6) is 0 Å². The monoisotopic (exact) mass is 300 g/mol. The van der Waals surface area contributed by atoms with Crippen molar-refractivity contribution in [3.8, 4) is 0 Å². The molecule has 1 aromatic carbocycles. The summed E-state index contributed by atoms with van der Waals surface area (Å²) in [5, 5.41) is 4.70. The molecule has 0 radical (unpaired) electrons. The van der Waals surface area contributed by atoms with Crippen LogP contribution in [0.25, 0.3) is 0 Å². The van der Waals surface area contributed by atoms with Crippen LogP contribution in [0.2, 0.25) is 10.0 Å². The molecule has 1 aromatic rings. The van der Waals surface area contributed by atoms with Crippen LogP contribution >= 0.6 is 23.2 Å². The molecule has 1 N–H and O–H groups in total. The van der Waals surface area contributed by atoms with E-state index >= 15 is 0 Å². The second-order valence-corrected chi connectivity index (χ2v) is 6.04. The lowest BCUT2D eigenvalue weighted by atomic mass is 10.0. The lowest BCUT2D eigenvalue weighted by Crippen LogP contribution is -2.41. The van der Waals surface area contributed by atoms with Gasteiger partial charge in [-0.05, 0) is 18.6 Å². The van der Waals surface area contributed by atoms with E-state index in [-0.39, 0.29) is 0 Å². The highest BCUT2D eigenvalue weighted by atomic mass is 35.5. The van der Waals surface area contributed by atoms with E-state index in [0.29, 0.717) is 22.0 Å². The van der Waals surface area contributed by atoms with Crippen molar-refractivity contribution in [2.45, 2.75) is 19.4 Å². The summed E-state index contributed by atoms with van der Waals surface area (Å²) < 4.78 is 5.65. The van der Waals surface area contributed by atoms with Gasteiger partial charge in [-0.1, -0.05) is 30.1 Å². The standard InChI is InChI=1S/C14H18Cl2N2O/c1-2-3-18-13-5-11(16)10(15)4-12(13)17-6-9-7-19-8-14(9)18/h4-5,9,14,17H,2-3,6-8H2,1H3. The molecular weight excluding hydrogens is 283 g/mol. The molecule has 0 saturated carbocycles. The lowest BCUT2D eigenvalue weighted by Gasteiger charge is -2.32. The third kappa shape index (κ3) is 2.39. The quantitative estimate of drug-likeness (QED) is 0.902. The molecule has 5 heteroatoms. The summed E-state index contributed by atoms with van der Waals surface area (Å²) in [6, 6.07) is 4.35. The first-order chi connectivity index (χ1) is 9.20. The number of nitrogens with one attached hydrogen (secondary N) is 1. The third-order valence-electron chi connectivity index (χ3n) is 3.93. The number of ether oxygens (including phenoxy) is 1. The highest BCUT2D eigenvalue weighted by Gasteiger charge is 2.36. The smallest absolute Gasteiger partial charge is 0.0674 e. The fraction of sp³-hybridized carbons (Fsp3) is 0.571. The fourth-order valence-electron chi connectivity index (χ4n) is 2.99. The van der Waals surface area contributed by atoms with Crippen molar-refractivity contribution in [2.75, 3.05) is 36.5 Å². The van der Waals surface area contributed by atoms with Crippen LogP contribution in [0, 0.1) is 5.92 Å². The molecular formula is C14H18Cl2N2O. The van der Waals surface area contributed by atoms with E-state index in [1.54, 1.807) is 0 Å². The van der Waals surface area contributed by atoms with Crippen molar-refractivity contribution >= 4 is 34.6 Å². The van der Waals surface area contributed by atoms with Gasteiger partial charge in [0, 0.05) is 19.0 Å². The molecule has 0 aromatic heterocycles. The van der Waals surface area contributed by atoms with Gasteiger partial charge in [0.05, 0.1) is 40.7 Å². The second-order valence-electron chi connectivity index (χ2n) is 5.22. The van der Waals surface area contributed by atoms with Crippen molar-refractivity contribution in [2.24, 2.45) is 5.92 Å². The lowest BCUT2D eigenvalue weighted by molar-refractivity contribution is 0.185. The molecule has 0 amide bonds. The fourth-order valence-corrected chi connectivity index (χ4v) is 3.31. The van der Waals surface area contributed by atoms with Gasteiger partial charge in [0.1, 0.15) is 0 Å². The maximum Gasteiger partial charge on any atom is 0.0674 e. The largest absolute Gasteiger partial charge is 0.383 e. The Balaban J connectivity index is 2.04. The number of hydrogen-bond acceptors (Lipinski definition) is 3. The Labute approximate surface area is 123 Å². The van der Waals surface area contributed by atoms with Gasteiger partial charge in [0.2, 0.25) is 0 Å². The zero-order chi connectivity index (χ0) is 13.4. The number of hydrogen-bond donors (Lipinski definition) is 1. The summed E-state index contributed by atoms with van der Waals surface area (Å²) in [6.07, 6.45) is 1.10. The van der Waals surface area contributed by atoms with E-state index in [0.717, 1.165) is 44.1 Å². The van der Waals surface area contributed by atoms with E-state index < -0.39 is 0 Å². The first-order valence-electron chi connectivity index (χ1n) is 6.78. The number of nitrogens with zero attached hydrogens (tertiary/aromatic N) is 1. The molecule has 104 valence electrons. The van der Waals surface area contributed by atoms with Crippen LogP contribution in [0.4, 0.5) is 11.4 Å². The number of anilines is 2. The minimum Gasteiger partial charge on any atom is -0.383 e. The Morgan fingerprint density at radius 2 is 2.11 bits per heavy atom. The highest BCUT2D eigenvalue weighted by Crippen LogP contribution is 2.39. The molecule has 2 atom stereocenters. The van der Waals surface area contributed by atoms with Crippen molar-refractivity contribution in [1.29, 1.82) is 0 Å². The number of fused-ring (bicyclic) bond motifs is 2. The average molecular weight is 301 g/mol. The molecule has 3 nitrogen and oxygen atoms in total. The zero-order valence-electron chi connectivity index (χ0n) is 11.0. The maximum atomic E-state index is 6.19. The molecule has 1 fully saturated rings. The summed E-state index contributed by atoms with van der Waals surface area (Å²) >= 11 is 12.3. The van der Waals surface area contributed by atoms with E-state index in [9.17, 15) is 0 Å².